The van der Waals surface area contributed by atoms with E-state index in [1.54, 1.807) is 19.9 Å². The lowest BCUT2D eigenvalue weighted by Crippen LogP contribution is -2.64. The first kappa shape index (κ1) is 14.2. The maximum absolute atomic E-state index is 11.8. The van der Waals surface area contributed by atoms with E-state index in [-0.39, 0.29) is 0 Å². The number of rotatable bonds is 5. The zero-order valence-corrected chi connectivity index (χ0v) is 10.8. The van der Waals surface area contributed by atoms with Crippen LogP contribution in [0.25, 0.3) is 0 Å². The van der Waals surface area contributed by atoms with Crippen molar-refractivity contribution in [2.75, 3.05) is 14.2 Å². The number of methoxy groups -OCH3 is 2. The van der Waals surface area contributed by atoms with Gasteiger partial charge in [-0.3, -0.25) is 0 Å². The molecule has 0 saturated carbocycles. The SMILES string of the molecule is C=CCC[C@H]1O[C@](C)(OC)[C@@](C)(OC)OC1=O. The van der Waals surface area contributed by atoms with Gasteiger partial charge in [-0.05, 0) is 19.8 Å². The third-order valence-corrected chi connectivity index (χ3v) is 3.16. The molecule has 0 unspecified atom stereocenters. The minimum absolute atomic E-state index is 0.439. The highest BCUT2D eigenvalue weighted by atomic mass is 16.8. The topological polar surface area (TPSA) is 54.0 Å². The van der Waals surface area contributed by atoms with Gasteiger partial charge in [-0.25, -0.2) is 4.79 Å². The molecule has 1 heterocycles. The van der Waals surface area contributed by atoms with Crippen LogP contribution in [0.15, 0.2) is 12.7 Å². The first-order chi connectivity index (χ1) is 7.92. The molecule has 5 nitrogen and oxygen atoms in total. The number of allylic oxidation sites excluding steroid dienone is 1. The monoisotopic (exact) mass is 244 g/mol. The Balaban J connectivity index is 2.87. The van der Waals surface area contributed by atoms with Gasteiger partial charge < -0.3 is 18.9 Å². The quantitative estimate of drug-likeness (QED) is 0.543. The second-order valence-electron chi connectivity index (χ2n) is 4.19. The third-order valence-electron chi connectivity index (χ3n) is 3.16. The van der Waals surface area contributed by atoms with E-state index in [1.165, 1.54) is 14.2 Å². The van der Waals surface area contributed by atoms with Crippen LogP contribution in [0.1, 0.15) is 26.7 Å². The van der Waals surface area contributed by atoms with E-state index in [0.717, 1.165) is 0 Å². The highest BCUT2D eigenvalue weighted by Gasteiger charge is 2.57. The summed E-state index contributed by atoms with van der Waals surface area (Å²) in [5.74, 6) is -2.81. The zero-order chi connectivity index (χ0) is 13.1. The molecular formula is C12H20O5. The Hall–Kier alpha value is -0.910. The highest BCUT2D eigenvalue weighted by molar-refractivity contribution is 5.76. The van der Waals surface area contributed by atoms with E-state index in [1.807, 2.05) is 0 Å². The normalized spacial score (nSPS) is 37.6. The van der Waals surface area contributed by atoms with E-state index in [9.17, 15) is 4.79 Å². The van der Waals surface area contributed by atoms with Crippen LogP contribution in [0, 0.1) is 0 Å². The summed E-state index contributed by atoms with van der Waals surface area (Å²) in [5, 5.41) is 0. The Morgan fingerprint density at radius 3 is 2.41 bits per heavy atom. The van der Waals surface area contributed by atoms with Crippen molar-refractivity contribution in [3.8, 4) is 0 Å². The van der Waals surface area contributed by atoms with Crippen LogP contribution in [-0.4, -0.2) is 37.9 Å². The molecule has 0 aromatic rings. The standard InChI is InChI=1S/C12H20O5/c1-6-7-8-9-10(13)17-12(3,15-5)11(2,14-4)16-9/h6,9H,1,7-8H2,2-5H3/t9-,11+,12+/m1/s1. The molecule has 98 valence electrons. The average Bonchev–Trinajstić information content (AvgIpc) is 2.32. The van der Waals surface area contributed by atoms with Crippen molar-refractivity contribution in [3.05, 3.63) is 12.7 Å². The number of cyclic esters (lactones) is 1. The number of carbonyl (C=O) groups excluding carboxylic acids is 1. The molecule has 0 bridgehead atoms. The van der Waals surface area contributed by atoms with Crippen molar-refractivity contribution in [2.45, 2.75) is 44.4 Å². The molecule has 5 heteroatoms. The molecular weight excluding hydrogens is 224 g/mol. The summed E-state index contributed by atoms with van der Waals surface area (Å²) in [6, 6.07) is 0. The number of hydrogen-bond acceptors (Lipinski definition) is 5. The van der Waals surface area contributed by atoms with Crippen molar-refractivity contribution in [1.82, 2.24) is 0 Å². The maximum atomic E-state index is 11.8. The van der Waals surface area contributed by atoms with Gasteiger partial charge in [-0.2, -0.15) is 0 Å². The molecule has 0 aliphatic carbocycles. The van der Waals surface area contributed by atoms with E-state index < -0.39 is 23.6 Å². The van der Waals surface area contributed by atoms with Gasteiger partial charge in [-0.15, -0.1) is 6.58 Å². The van der Waals surface area contributed by atoms with Crippen LogP contribution < -0.4 is 0 Å². The summed E-state index contributed by atoms with van der Waals surface area (Å²) in [4.78, 5) is 11.8. The molecule has 0 spiro atoms. The lowest BCUT2D eigenvalue weighted by atomic mass is 10.1. The first-order valence-electron chi connectivity index (χ1n) is 5.54. The molecule has 3 atom stereocenters. The Morgan fingerprint density at radius 1 is 1.35 bits per heavy atom. The molecule has 0 amide bonds. The van der Waals surface area contributed by atoms with Crippen LogP contribution in [-0.2, 0) is 23.7 Å². The molecule has 1 saturated heterocycles. The molecule has 0 N–H and O–H groups in total. The van der Waals surface area contributed by atoms with E-state index in [4.69, 9.17) is 18.9 Å². The number of ether oxygens (including phenoxy) is 4. The largest absolute Gasteiger partial charge is 0.425 e. The van der Waals surface area contributed by atoms with E-state index in [0.29, 0.717) is 12.8 Å². The van der Waals surface area contributed by atoms with Gasteiger partial charge in [0, 0.05) is 21.1 Å². The van der Waals surface area contributed by atoms with Crippen LogP contribution >= 0.6 is 0 Å². The predicted molar refractivity (Wildman–Crippen MR) is 61.2 cm³/mol. The minimum Gasteiger partial charge on any atom is -0.425 e. The summed E-state index contributed by atoms with van der Waals surface area (Å²) >= 11 is 0. The Morgan fingerprint density at radius 2 is 1.94 bits per heavy atom. The first-order valence-corrected chi connectivity index (χ1v) is 5.54. The van der Waals surface area contributed by atoms with Gasteiger partial charge in [0.1, 0.15) is 0 Å². The second kappa shape index (κ2) is 5.16. The highest BCUT2D eigenvalue weighted by Crippen LogP contribution is 2.37. The van der Waals surface area contributed by atoms with Gasteiger partial charge in [-0.1, -0.05) is 6.08 Å². The lowest BCUT2D eigenvalue weighted by molar-refractivity contribution is -0.405. The predicted octanol–water partition coefficient (Wildman–Crippen LogP) is 1.62. The summed E-state index contributed by atoms with van der Waals surface area (Å²) < 4.78 is 21.5. The third kappa shape index (κ3) is 2.51. The smallest absolute Gasteiger partial charge is 0.338 e. The summed E-state index contributed by atoms with van der Waals surface area (Å²) in [7, 11) is 2.93. The van der Waals surface area contributed by atoms with Gasteiger partial charge in [0.2, 0.25) is 5.79 Å². The van der Waals surface area contributed by atoms with Gasteiger partial charge >= 0.3 is 5.97 Å². The fourth-order valence-corrected chi connectivity index (χ4v) is 1.68. The van der Waals surface area contributed by atoms with Crippen LogP contribution in [0.5, 0.6) is 0 Å². The van der Waals surface area contributed by atoms with Crippen molar-refractivity contribution in [3.63, 3.8) is 0 Å². The van der Waals surface area contributed by atoms with Crippen molar-refractivity contribution in [1.29, 1.82) is 0 Å². The molecule has 0 aromatic carbocycles. The number of carbonyl (C=O) groups is 1. The maximum Gasteiger partial charge on any atom is 0.338 e. The van der Waals surface area contributed by atoms with Crippen molar-refractivity contribution >= 4 is 5.97 Å². The molecule has 1 aliphatic rings. The Bertz CT molecular complexity index is 303. The van der Waals surface area contributed by atoms with Crippen LogP contribution in [0.2, 0.25) is 0 Å². The molecule has 0 radical (unpaired) electrons. The number of esters is 1. The lowest BCUT2D eigenvalue weighted by Gasteiger charge is -2.47. The van der Waals surface area contributed by atoms with Crippen LogP contribution in [0.3, 0.4) is 0 Å². The Kier molecular flexibility index (Phi) is 4.30. The fourth-order valence-electron chi connectivity index (χ4n) is 1.68. The van der Waals surface area contributed by atoms with E-state index in [2.05, 4.69) is 6.58 Å². The van der Waals surface area contributed by atoms with Gasteiger partial charge in [0.05, 0.1) is 0 Å². The van der Waals surface area contributed by atoms with Crippen molar-refractivity contribution in [2.24, 2.45) is 0 Å². The molecule has 1 aliphatic heterocycles. The van der Waals surface area contributed by atoms with E-state index >= 15 is 0 Å². The Labute approximate surface area is 102 Å². The molecule has 17 heavy (non-hydrogen) atoms. The average molecular weight is 244 g/mol. The van der Waals surface area contributed by atoms with Gasteiger partial charge in [0.25, 0.3) is 5.79 Å². The molecule has 1 rings (SSSR count). The second-order valence-corrected chi connectivity index (χ2v) is 4.19. The summed E-state index contributed by atoms with van der Waals surface area (Å²) in [5.41, 5.74) is 0. The fraction of sp³-hybridized carbons (Fsp3) is 0.750. The summed E-state index contributed by atoms with van der Waals surface area (Å²) in [6.45, 7) is 6.90. The zero-order valence-electron chi connectivity index (χ0n) is 10.8. The van der Waals surface area contributed by atoms with Crippen molar-refractivity contribution < 1.29 is 23.7 Å². The minimum atomic E-state index is -1.25. The molecule has 1 fully saturated rings. The van der Waals surface area contributed by atoms with Crippen LogP contribution in [0.4, 0.5) is 0 Å². The van der Waals surface area contributed by atoms with Gasteiger partial charge in [0.15, 0.2) is 6.10 Å². The number of hydrogen-bond donors (Lipinski definition) is 0. The molecule has 0 aromatic heterocycles. The summed E-state index contributed by atoms with van der Waals surface area (Å²) in [6.07, 6.45) is 2.26.